The predicted octanol–water partition coefficient (Wildman–Crippen LogP) is 4.08. The zero-order valence-corrected chi connectivity index (χ0v) is 12.4. The minimum absolute atomic E-state index is 0.150. The Morgan fingerprint density at radius 2 is 2.11 bits per heavy atom. The maximum Gasteiger partial charge on any atom is 0.124 e. The van der Waals surface area contributed by atoms with E-state index in [0.29, 0.717) is 5.75 Å². The average molecular weight is 268 g/mol. The zero-order chi connectivity index (χ0) is 13.5. The van der Waals surface area contributed by atoms with Gasteiger partial charge >= 0.3 is 0 Å². The summed E-state index contributed by atoms with van der Waals surface area (Å²) in [6.45, 7) is 9.30. The van der Waals surface area contributed by atoms with Gasteiger partial charge in [-0.3, -0.25) is 0 Å². The highest BCUT2D eigenvalue weighted by Gasteiger charge is 2.35. The maximum absolute atomic E-state index is 10.6. The predicted molar refractivity (Wildman–Crippen MR) is 76.5 cm³/mol. The van der Waals surface area contributed by atoms with E-state index in [0.717, 1.165) is 41.1 Å². The summed E-state index contributed by atoms with van der Waals surface area (Å²) >= 11 is 6.34. The van der Waals surface area contributed by atoms with Gasteiger partial charge in [0, 0.05) is 16.1 Å². The van der Waals surface area contributed by atoms with Crippen molar-refractivity contribution in [3.63, 3.8) is 0 Å². The molecule has 0 aliphatic carbocycles. The third-order valence-electron chi connectivity index (χ3n) is 4.07. The Labute approximate surface area is 114 Å². The van der Waals surface area contributed by atoms with E-state index in [9.17, 15) is 5.11 Å². The van der Waals surface area contributed by atoms with Crippen LogP contribution in [0.1, 0.15) is 56.2 Å². The van der Waals surface area contributed by atoms with Gasteiger partial charge in [-0.15, -0.1) is 0 Å². The van der Waals surface area contributed by atoms with Crippen molar-refractivity contribution in [1.29, 1.82) is 0 Å². The van der Waals surface area contributed by atoms with Crippen molar-refractivity contribution in [2.75, 3.05) is 6.54 Å². The lowest BCUT2D eigenvalue weighted by Gasteiger charge is -2.30. The van der Waals surface area contributed by atoms with Crippen LogP contribution in [-0.4, -0.2) is 11.7 Å². The highest BCUT2D eigenvalue weighted by Crippen LogP contribution is 2.44. The number of rotatable bonds is 2. The summed E-state index contributed by atoms with van der Waals surface area (Å²) in [5, 5.41) is 14.8. The Kier molecular flexibility index (Phi) is 3.61. The van der Waals surface area contributed by atoms with Crippen LogP contribution in [0.2, 0.25) is 5.02 Å². The first kappa shape index (κ1) is 13.7. The van der Waals surface area contributed by atoms with E-state index in [2.05, 4.69) is 26.1 Å². The highest BCUT2D eigenvalue weighted by molar-refractivity contribution is 6.31. The molecule has 2 nitrogen and oxygen atoms in total. The van der Waals surface area contributed by atoms with Gasteiger partial charge in [0.1, 0.15) is 5.75 Å². The van der Waals surface area contributed by atoms with Crippen molar-refractivity contribution >= 4 is 11.6 Å². The van der Waals surface area contributed by atoms with Crippen LogP contribution >= 0.6 is 11.6 Å². The lowest BCUT2D eigenvalue weighted by Crippen LogP contribution is -2.34. The molecule has 18 heavy (non-hydrogen) atoms. The minimum Gasteiger partial charge on any atom is -0.507 e. The van der Waals surface area contributed by atoms with E-state index >= 15 is 0 Å². The summed E-state index contributed by atoms with van der Waals surface area (Å²) in [6, 6.07) is 1.90. The SMILES string of the molecule is Cc1c(Cl)cc(C(C)C)c(O)c1C1(C)CCCN1. The van der Waals surface area contributed by atoms with Crippen LogP contribution in [0.5, 0.6) is 5.75 Å². The van der Waals surface area contributed by atoms with Crippen LogP contribution < -0.4 is 5.32 Å². The summed E-state index contributed by atoms with van der Waals surface area (Å²) in [6.07, 6.45) is 2.18. The molecular weight excluding hydrogens is 246 g/mol. The first-order valence-electron chi connectivity index (χ1n) is 6.64. The molecule has 2 rings (SSSR count). The van der Waals surface area contributed by atoms with Gasteiger partial charge in [-0.25, -0.2) is 0 Å². The normalized spacial score (nSPS) is 23.9. The molecule has 0 aromatic heterocycles. The Balaban J connectivity index is 2.65. The van der Waals surface area contributed by atoms with E-state index in [1.807, 2.05) is 13.0 Å². The minimum atomic E-state index is -0.150. The lowest BCUT2D eigenvalue weighted by molar-refractivity contribution is 0.388. The fourth-order valence-corrected chi connectivity index (χ4v) is 3.19. The number of hydrogen-bond acceptors (Lipinski definition) is 2. The van der Waals surface area contributed by atoms with Crippen LogP contribution in [-0.2, 0) is 5.54 Å². The number of phenolic OH excluding ortho intramolecular Hbond substituents is 1. The van der Waals surface area contributed by atoms with E-state index in [1.165, 1.54) is 0 Å². The van der Waals surface area contributed by atoms with Crippen molar-refractivity contribution < 1.29 is 5.11 Å². The van der Waals surface area contributed by atoms with Crippen LogP contribution in [0.3, 0.4) is 0 Å². The summed E-state index contributed by atoms with van der Waals surface area (Å²) in [7, 11) is 0. The number of benzene rings is 1. The number of nitrogens with one attached hydrogen (secondary N) is 1. The topological polar surface area (TPSA) is 32.3 Å². The number of hydrogen-bond donors (Lipinski definition) is 2. The molecule has 0 spiro atoms. The van der Waals surface area contributed by atoms with Gasteiger partial charge in [-0.2, -0.15) is 0 Å². The van der Waals surface area contributed by atoms with Crippen molar-refractivity contribution in [2.45, 2.75) is 52.0 Å². The van der Waals surface area contributed by atoms with Crippen molar-refractivity contribution in [2.24, 2.45) is 0 Å². The first-order chi connectivity index (χ1) is 8.37. The molecule has 1 aromatic carbocycles. The first-order valence-corrected chi connectivity index (χ1v) is 7.02. The largest absolute Gasteiger partial charge is 0.507 e. The molecule has 1 aromatic rings. The Bertz CT molecular complexity index is 462. The molecule has 0 bridgehead atoms. The Hall–Kier alpha value is -0.730. The second-order valence-electron chi connectivity index (χ2n) is 5.81. The van der Waals surface area contributed by atoms with Crippen LogP contribution in [0.4, 0.5) is 0 Å². The molecule has 1 aliphatic heterocycles. The molecule has 0 amide bonds. The molecule has 2 N–H and O–H groups in total. The van der Waals surface area contributed by atoms with E-state index < -0.39 is 0 Å². The van der Waals surface area contributed by atoms with Gasteiger partial charge in [0.25, 0.3) is 0 Å². The third-order valence-corrected chi connectivity index (χ3v) is 4.46. The molecule has 1 heterocycles. The zero-order valence-electron chi connectivity index (χ0n) is 11.6. The maximum atomic E-state index is 10.6. The number of phenols is 1. The van der Waals surface area contributed by atoms with E-state index in [4.69, 9.17) is 11.6 Å². The molecule has 1 saturated heterocycles. The molecule has 1 atom stereocenters. The van der Waals surface area contributed by atoms with Crippen molar-refractivity contribution in [1.82, 2.24) is 5.32 Å². The van der Waals surface area contributed by atoms with Gasteiger partial charge in [-0.1, -0.05) is 25.4 Å². The summed E-state index contributed by atoms with van der Waals surface area (Å²) in [4.78, 5) is 0. The van der Waals surface area contributed by atoms with E-state index in [1.54, 1.807) is 0 Å². The van der Waals surface area contributed by atoms with Gasteiger partial charge in [0.2, 0.25) is 0 Å². The fraction of sp³-hybridized carbons (Fsp3) is 0.600. The molecule has 100 valence electrons. The van der Waals surface area contributed by atoms with Crippen LogP contribution in [0.15, 0.2) is 6.07 Å². The molecule has 1 fully saturated rings. The monoisotopic (exact) mass is 267 g/mol. The Morgan fingerprint density at radius 3 is 2.61 bits per heavy atom. The molecule has 0 saturated carbocycles. The average Bonchev–Trinajstić information content (AvgIpc) is 2.71. The van der Waals surface area contributed by atoms with Crippen LogP contribution in [0, 0.1) is 6.92 Å². The second-order valence-corrected chi connectivity index (χ2v) is 6.22. The molecule has 1 unspecified atom stereocenters. The quantitative estimate of drug-likeness (QED) is 0.846. The second kappa shape index (κ2) is 4.75. The summed E-state index contributed by atoms with van der Waals surface area (Å²) < 4.78 is 0. The van der Waals surface area contributed by atoms with Gasteiger partial charge in [0.15, 0.2) is 0 Å². The number of halogens is 1. The lowest BCUT2D eigenvalue weighted by atomic mass is 9.83. The van der Waals surface area contributed by atoms with Crippen molar-refractivity contribution in [3.05, 3.63) is 27.8 Å². The molecule has 0 radical (unpaired) electrons. The molecule has 1 aliphatic rings. The van der Waals surface area contributed by atoms with E-state index in [-0.39, 0.29) is 11.5 Å². The third kappa shape index (κ3) is 2.12. The standard InChI is InChI=1S/C15H22ClNO/c1-9(2)11-8-12(16)10(3)13(14(11)18)15(4)6-5-7-17-15/h8-9,17-18H,5-7H2,1-4H3. The summed E-state index contributed by atoms with van der Waals surface area (Å²) in [5.74, 6) is 0.690. The van der Waals surface area contributed by atoms with Crippen LogP contribution in [0.25, 0.3) is 0 Å². The fourth-order valence-electron chi connectivity index (χ4n) is 2.98. The van der Waals surface area contributed by atoms with Crippen molar-refractivity contribution in [3.8, 4) is 5.75 Å². The Morgan fingerprint density at radius 1 is 1.44 bits per heavy atom. The number of aromatic hydroxyl groups is 1. The molecular formula is C15H22ClNO. The molecule has 3 heteroatoms. The smallest absolute Gasteiger partial charge is 0.124 e. The summed E-state index contributed by atoms with van der Waals surface area (Å²) in [5.41, 5.74) is 2.77. The highest BCUT2D eigenvalue weighted by atomic mass is 35.5. The van der Waals surface area contributed by atoms with Gasteiger partial charge in [0.05, 0.1) is 0 Å². The van der Waals surface area contributed by atoms with Gasteiger partial charge < -0.3 is 10.4 Å². The van der Waals surface area contributed by atoms with Gasteiger partial charge in [-0.05, 0) is 56.3 Å².